The fourth-order valence-electron chi connectivity index (χ4n) is 3.37. The zero-order chi connectivity index (χ0) is 17.8. The molecule has 1 aliphatic rings. The van der Waals surface area contributed by atoms with Gasteiger partial charge in [-0.25, -0.2) is 0 Å². The van der Waals surface area contributed by atoms with Crippen LogP contribution in [-0.2, 0) is 20.7 Å². The molecule has 1 fully saturated rings. The number of rotatable bonds is 7. The van der Waals surface area contributed by atoms with Crippen molar-refractivity contribution in [2.45, 2.75) is 38.7 Å². The number of carbonyl (C=O) groups is 2. The number of ether oxygens (including phenoxy) is 1. The van der Waals surface area contributed by atoms with Gasteiger partial charge in [0, 0.05) is 36.8 Å². The fraction of sp³-hybridized carbons (Fsp3) is 0.474. The van der Waals surface area contributed by atoms with Crippen molar-refractivity contribution in [3.8, 4) is 0 Å². The Bertz CT molecular complexity index is 762. The van der Waals surface area contributed by atoms with E-state index in [-0.39, 0.29) is 31.4 Å². The molecule has 2 heterocycles. The number of aromatic amines is 1. The quantitative estimate of drug-likeness (QED) is 0.808. The smallest absolute Gasteiger partial charge is 0.305 e. The average molecular weight is 344 g/mol. The number of amides is 1. The number of nitrogens with one attached hydrogen (secondary N) is 1. The molecule has 6 nitrogen and oxygen atoms in total. The van der Waals surface area contributed by atoms with E-state index >= 15 is 0 Å². The Kier molecular flexibility index (Phi) is 5.38. The number of carboxylic acids is 1. The Morgan fingerprint density at radius 3 is 2.96 bits per heavy atom. The number of aryl methyl sites for hydroxylation is 1. The number of H-pyrrole nitrogens is 1. The highest BCUT2D eigenvalue weighted by Crippen LogP contribution is 2.22. The summed E-state index contributed by atoms with van der Waals surface area (Å²) in [6, 6.07) is 6.01. The van der Waals surface area contributed by atoms with E-state index in [9.17, 15) is 9.59 Å². The lowest BCUT2D eigenvalue weighted by Crippen LogP contribution is -2.39. The summed E-state index contributed by atoms with van der Waals surface area (Å²) < 4.78 is 5.61. The minimum absolute atomic E-state index is 0.0166. The molecule has 0 bridgehead atoms. The Labute approximate surface area is 146 Å². The number of benzene rings is 1. The molecule has 0 radical (unpaired) electrons. The average Bonchev–Trinajstić information content (AvgIpc) is 3.22. The molecule has 1 saturated heterocycles. The van der Waals surface area contributed by atoms with Gasteiger partial charge in [-0.2, -0.15) is 0 Å². The van der Waals surface area contributed by atoms with Crippen LogP contribution in [0, 0.1) is 6.92 Å². The zero-order valence-electron chi connectivity index (χ0n) is 14.5. The SMILES string of the molecule is Cc1cccc2c(CC(=O)N(CCC(=O)O)CC3CCCO3)c[nH]c12. The maximum absolute atomic E-state index is 12.8. The largest absolute Gasteiger partial charge is 0.481 e. The highest BCUT2D eigenvalue weighted by Gasteiger charge is 2.23. The van der Waals surface area contributed by atoms with Gasteiger partial charge in [-0.3, -0.25) is 9.59 Å². The van der Waals surface area contributed by atoms with Crippen molar-refractivity contribution in [2.24, 2.45) is 0 Å². The first-order valence-corrected chi connectivity index (χ1v) is 8.71. The van der Waals surface area contributed by atoms with Crippen LogP contribution in [-0.4, -0.2) is 52.7 Å². The van der Waals surface area contributed by atoms with Gasteiger partial charge in [-0.1, -0.05) is 18.2 Å². The van der Waals surface area contributed by atoms with Crippen LogP contribution in [0.4, 0.5) is 0 Å². The van der Waals surface area contributed by atoms with Crippen LogP contribution in [0.3, 0.4) is 0 Å². The third-order valence-corrected chi connectivity index (χ3v) is 4.75. The summed E-state index contributed by atoms with van der Waals surface area (Å²) in [5.41, 5.74) is 3.12. The van der Waals surface area contributed by atoms with Crippen LogP contribution >= 0.6 is 0 Å². The summed E-state index contributed by atoms with van der Waals surface area (Å²) in [7, 11) is 0. The molecule has 0 aliphatic carbocycles. The Morgan fingerprint density at radius 1 is 1.40 bits per heavy atom. The van der Waals surface area contributed by atoms with Crippen LogP contribution in [0.25, 0.3) is 10.9 Å². The van der Waals surface area contributed by atoms with E-state index in [0.717, 1.165) is 34.9 Å². The van der Waals surface area contributed by atoms with E-state index in [1.165, 1.54) is 0 Å². The molecule has 1 aromatic carbocycles. The van der Waals surface area contributed by atoms with Crippen molar-refractivity contribution in [3.05, 3.63) is 35.5 Å². The summed E-state index contributed by atoms with van der Waals surface area (Å²) >= 11 is 0. The van der Waals surface area contributed by atoms with Crippen LogP contribution < -0.4 is 0 Å². The van der Waals surface area contributed by atoms with Crippen molar-refractivity contribution >= 4 is 22.8 Å². The molecule has 6 heteroatoms. The first-order chi connectivity index (χ1) is 12.0. The van der Waals surface area contributed by atoms with Gasteiger partial charge in [0.15, 0.2) is 0 Å². The van der Waals surface area contributed by atoms with Gasteiger partial charge in [0.1, 0.15) is 0 Å². The van der Waals surface area contributed by atoms with Gasteiger partial charge in [0.25, 0.3) is 0 Å². The van der Waals surface area contributed by atoms with Gasteiger partial charge >= 0.3 is 5.97 Å². The number of carbonyl (C=O) groups excluding carboxylic acids is 1. The minimum Gasteiger partial charge on any atom is -0.481 e. The predicted octanol–water partition coefficient (Wildman–Crippen LogP) is 2.50. The number of aromatic nitrogens is 1. The summed E-state index contributed by atoms with van der Waals surface area (Å²) in [5, 5.41) is 10.0. The van der Waals surface area contributed by atoms with Gasteiger partial charge < -0.3 is 19.7 Å². The topological polar surface area (TPSA) is 82.6 Å². The highest BCUT2D eigenvalue weighted by molar-refractivity contribution is 5.90. The molecule has 1 atom stereocenters. The number of para-hydroxylation sites is 1. The van der Waals surface area contributed by atoms with Gasteiger partial charge in [0.2, 0.25) is 5.91 Å². The number of aliphatic carboxylic acids is 1. The highest BCUT2D eigenvalue weighted by atomic mass is 16.5. The normalized spacial score (nSPS) is 17.1. The third-order valence-electron chi connectivity index (χ3n) is 4.75. The Hall–Kier alpha value is -2.34. The second kappa shape index (κ2) is 7.70. The molecule has 25 heavy (non-hydrogen) atoms. The van der Waals surface area contributed by atoms with Crippen LogP contribution in [0.2, 0.25) is 0 Å². The van der Waals surface area contributed by atoms with E-state index in [1.54, 1.807) is 4.90 Å². The van der Waals surface area contributed by atoms with E-state index in [0.29, 0.717) is 13.2 Å². The van der Waals surface area contributed by atoms with Crippen LogP contribution in [0.5, 0.6) is 0 Å². The van der Waals surface area contributed by atoms with Crippen molar-refractivity contribution in [1.29, 1.82) is 0 Å². The molecule has 1 unspecified atom stereocenters. The standard InChI is InChI=1S/C19H24N2O4/c1-13-4-2-6-16-14(11-20-19(13)16)10-17(22)21(8-7-18(23)24)12-15-5-3-9-25-15/h2,4,6,11,15,20H,3,5,7-10,12H2,1H3,(H,23,24). The van der Waals surface area contributed by atoms with Crippen molar-refractivity contribution in [2.75, 3.05) is 19.7 Å². The van der Waals surface area contributed by atoms with Crippen molar-refractivity contribution in [3.63, 3.8) is 0 Å². The lowest BCUT2D eigenvalue weighted by atomic mass is 10.1. The van der Waals surface area contributed by atoms with E-state index in [2.05, 4.69) is 4.98 Å². The molecule has 134 valence electrons. The minimum atomic E-state index is -0.896. The maximum Gasteiger partial charge on any atom is 0.305 e. The molecule has 2 N–H and O–H groups in total. The zero-order valence-corrected chi connectivity index (χ0v) is 14.5. The third kappa shape index (κ3) is 4.20. The van der Waals surface area contributed by atoms with E-state index < -0.39 is 5.97 Å². The van der Waals surface area contributed by atoms with Crippen LogP contribution in [0.1, 0.15) is 30.4 Å². The van der Waals surface area contributed by atoms with Gasteiger partial charge in [-0.15, -0.1) is 0 Å². The molecule has 3 rings (SSSR count). The number of hydrogen-bond acceptors (Lipinski definition) is 3. The second-order valence-corrected chi connectivity index (χ2v) is 6.61. The molecule has 0 spiro atoms. The summed E-state index contributed by atoms with van der Waals surface area (Å²) in [6.45, 7) is 3.43. The van der Waals surface area contributed by atoms with E-state index in [4.69, 9.17) is 9.84 Å². The first-order valence-electron chi connectivity index (χ1n) is 8.71. The molecule has 1 aliphatic heterocycles. The van der Waals surface area contributed by atoms with Crippen molar-refractivity contribution in [1.82, 2.24) is 9.88 Å². The number of nitrogens with zero attached hydrogens (tertiary/aromatic N) is 1. The monoisotopic (exact) mass is 344 g/mol. The number of hydrogen-bond donors (Lipinski definition) is 2. The fourth-order valence-corrected chi connectivity index (χ4v) is 3.37. The first kappa shape index (κ1) is 17.5. The molecular weight excluding hydrogens is 320 g/mol. The Balaban J connectivity index is 1.73. The Morgan fingerprint density at radius 2 is 2.24 bits per heavy atom. The number of fused-ring (bicyclic) bond motifs is 1. The molecular formula is C19H24N2O4. The summed E-state index contributed by atoms with van der Waals surface area (Å²) in [6.07, 6.45) is 4.01. The van der Waals surface area contributed by atoms with Crippen LogP contribution in [0.15, 0.2) is 24.4 Å². The lowest BCUT2D eigenvalue weighted by molar-refractivity contribution is -0.139. The molecule has 1 aromatic heterocycles. The summed E-state index contributed by atoms with van der Waals surface area (Å²) in [4.78, 5) is 28.6. The lowest BCUT2D eigenvalue weighted by Gasteiger charge is -2.25. The van der Waals surface area contributed by atoms with Crippen molar-refractivity contribution < 1.29 is 19.4 Å². The molecule has 1 amide bonds. The number of carboxylic acid groups (broad SMARTS) is 1. The molecule has 2 aromatic rings. The van der Waals surface area contributed by atoms with Gasteiger partial charge in [-0.05, 0) is 30.9 Å². The maximum atomic E-state index is 12.8. The molecule has 0 saturated carbocycles. The van der Waals surface area contributed by atoms with Gasteiger partial charge in [0.05, 0.1) is 18.9 Å². The second-order valence-electron chi connectivity index (χ2n) is 6.61. The van der Waals surface area contributed by atoms with E-state index in [1.807, 2.05) is 31.3 Å². The predicted molar refractivity (Wildman–Crippen MR) is 94.5 cm³/mol. The summed E-state index contributed by atoms with van der Waals surface area (Å²) in [5.74, 6) is -0.952.